The van der Waals surface area contributed by atoms with Crippen LogP contribution in [-0.2, 0) is 26.6 Å². The molecule has 29 heavy (non-hydrogen) atoms. The number of aryl methyl sites for hydroxylation is 1. The number of hydrogen-bond acceptors (Lipinski definition) is 6. The number of anilines is 1. The smallest absolute Gasteiger partial charge is 0.338 e. The number of hydrogen-bond donors (Lipinski definition) is 1. The molecule has 2 aromatic rings. The van der Waals surface area contributed by atoms with Crippen LogP contribution in [0.5, 0.6) is 0 Å². The van der Waals surface area contributed by atoms with Crippen LogP contribution in [0.4, 0.5) is 5.69 Å². The Kier molecular flexibility index (Phi) is 6.33. The highest BCUT2D eigenvalue weighted by Gasteiger charge is 2.34. The number of benzene rings is 1. The molecule has 0 spiro atoms. The van der Waals surface area contributed by atoms with Crippen LogP contribution in [0.25, 0.3) is 0 Å². The van der Waals surface area contributed by atoms with Gasteiger partial charge in [-0.05, 0) is 38.0 Å². The van der Waals surface area contributed by atoms with E-state index < -0.39 is 21.9 Å². The molecular formula is C19H24N4O5S. The molecule has 0 unspecified atom stereocenters. The zero-order chi connectivity index (χ0) is 21.0. The van der Waals surface area contributed by atoms with Gasteiger partial charge >= 0.3 is 5.97 Å². The fourth-order valence-electron chi connectivity index (χ4n) is 3.21. The van der Waals surface area contributed by atoms with Crippen molar-refractivity contribution < 1.29 is 22.7 Å². The van der Waals surface area contributed by atoms with E-state index in [4.69, 9.17) is 4.74 Å². The number of ether oxygens (including phenoxy) is 1. The summed E-state index contributed by atoms with van der Waals surface area (Å²) in [5.74, 6) is -1.24. The Morgan fingerprint density at radius 1 is 1.34 bits per heavy atom. The first-order valence-electron chi connectivity index (χ1n) is 9.37. The fourth-order valence-corrected chi connectivity index (χ4v) is 4.70. The van der Waals surface area contributed by atoms with Crippen LogP contribution < -0.4 is 5.32 Å². The second-order valence-electron chi connectivity index (χ2n) is 6.87. The summed E-state index contributed by atoms with van der Waals surface area (Å²) < 4.78 is 33.4. The molecule has 9 nitrogen and oxygen atoms in total. The summed E-state index contributed by atoms with van der Waals surface area (Å²) in [6.07, 6.45) is 4.03. The van der Waals surface area contributed by atoms with Crippen molar-refractivity contribution in [1.82, 2.24) is 13.9 Å². The number of aromatic nitrogens is 2. The van der Waals surface area contributed by atoms with Gasteiger partial charge in [0.05, 0.1) is 24.4 Å². The number of carbonyl (C=O) groups excluding carboxylic acids is 2. The van der Waals surface area contributed by atoms with Gasteiger partial charge in [-0.25, -0.2) is 18.2 Å². The van der Waals surface area contributed by atoms with Crippen molar-refractivity contribution in [2.24, 2.45) is 13.0 Å². The molecule has 3 rings (SSSR count). The Labute approximate surface area is 169 Å². The minimum atomic E-state index is -3.74. The number of imidazole rings is 1. The molecule has 0 bridgehead atoms. The van der Waals surface area contributed by atoms with Crippen LogP contribution in [0, 0.1) is 5.92 Å². The molecule has 1 atom stereocenters. The lowest BCUT2D eigenvalue weighted by molar-refractivity contribution is -0.120. The summed E-state index contributed by atoms with van der Waals surface area (Å²) in [5, 5.41) is 2.75. The summed E-state index contributed by atoms with van der Waals surface area (Å²) in [7, 11) is -2.05. The lowest BCUT2D eigenvalue weighted by Gasteiger charge is -2.30. The molecule has 10 heteroatoms. The molecule has 0 saturated carbocycles. The quantitative estimate of drug-likeness (QED) is 0.711. The first kappa shape index (κ1) is 21.0. The maximum absolute atomic E-state index is 12.8. The molecule has 1 N–H and O–H groups in total. The molecule has 1 fully saturated rings. The normalized spacial score (nSPS) is 17.7. The number of rotatable bonds is 6. The van der Waals surface area contributed by atoms with Gasteiger partial charge in [-0.15, -0.1) is 0 Å². The van der Waals surface area contributed by atoms with E-state index in [9.17, 15) is 18.0 Å². The number of esters is 1. The van der Waals surface area contributed by atoms with Crippen LogP contribution in [0.1, 0.15) is 30.1 Å². The number of nitrogens with one attached hydrogen (secondary N) is 1. The number of nitrogens with zero attached hydrogens (tertiary/aromatic N) is 3. The van der Waals surface area contributed by atoms with Gasteiger partial charge in [0.2, 0.25) is 5.91 Å². The first-order valence-corrected chi connectivity index (χ1v) is 10.8. The van der Waals surface area contributed by atoms with Gasteiger partial charge in [0.1, 0.15) is 0 Å². The Bertz CT molecular complexity index is 1000. The predicted octanol–water partition coefficient (Wildman–Crippen LogP) is 1.64. The molecule has 1 amide bonds. The van der Waals surface area contributed by atoms with E-state index in [-0.39, 0.29) is 24.1 Å². The number of carbonyl (C=O) groups is 2. The Balaban J connectivity index is 1.69. The maximum Gasteiger partial charge on any atom is 0.338 e. The molecular weight excluding hydrogens is 396 g/mol. The highest BCUT2D eigenvalue weighted by Crippen LogP contribution is 2.24. The zero-order valence-corrected chi connectivity index (χ0v) is 17.2. The van der Waals surface area contributed by atoms with Gasteiger partial charge in [0.25, 0.3) is 10.0 Å². The van der Waals surface area contributed by atoms with Crippen LogP contribution in [-0.4, -0.2) is 53.8 Å². The summed E-state index contributed by atoms with van der Waals surface area (Å²) in [6.45, 7) is 2.42. The van der Waals surface area contributed by atoms with E-state index in [1.54, 1.807) is 42.8 Å². The fraction of sp³-hybridized carbons (Fsp3) is 0.421. The molecule has 1 aliphatic heterocycles. The Morgan fingerprint density at radius 3 is 2.83 bits per heavy atom. The lowest BCUT2D eigenvalue weighted by atomic mass is 9.98. The average molecular weight is 420 g/mol. The largest absolute Gasteiger partial charge is 0.462 e. The zero-order valence-electron chi connectivity index (χ0n) is 16.4. The van der Waals surface area contributed by atoms with E-state index in [0.29, 0.717) is 30.6 Å². The third-order valence-electron chi connectivity index (χ3n) is 4.68. The average Bonchev–Trinajstić information content (AvgIpc) is 3.16. The van der Waals surface area contributed by atoms with Crippen LogP contribution >= 0.6 is 0 Å². The van der Waals surface area contributed by atoms with E-state index in [0.717, 1.165) is 0 Å². The third kappa shape index (κ3) is 4.83. The van der Waals surface area contributed by atoms with E-state index in [2.05, 4.69) is 10.3 Å². The lowest BCUT2D eigenvalue weighted by Crippen LogP contribution is -2.43. The van der Waals surface area contributed by atoms with Crippen molar-refractivity contribution in [2.45, 2.75) is 24.8 Å². The number of amides is 1. The summed E-state index contributed by atoms with van der Waals surface area (Å²) in [5.41, 5.74) is 0.804. The molecule has 1 aromatic heterocycles. The van der Waals surface area contributed by atoms with E-state index >= 15 is 0 Å². The topological polar surface area (TPSA) is 111 Å². The summed E-state index contributed by atoms with van der Waals surface area (Å²) >= 11 is 0. The van der Waals surface area contributed by atoms with Crippen molar-refractivity contribution in [3.8, 4) is 0 Å². The van der Waals surface area contributed by atoms with Gasteiger partial charge in [-0.2, -0.15) is 4.31 Å². The second-order valence-corrected chi connectivity index (χ2v) is 8.75. The first-order chi connectivity index (χ1) is 13.8. The molecule has 0 radical (unpaired) electrons. The number of piperidine rings is 1. The monoisotopic (exact) mass is 420 g/mol. The van der Waals surface area contributed by atoms with Crippen LogP contribution in [0.2, 0.25) is 0 Å². The standard InChI is InChI=1S/C19H24N4O5S/c1-3-28-19(25)14-6-4-8-16(10-14)21-18(24)15-7-5-9-23(11-15)29(26,27)17-12-22(2)13-20-17/h4,6,8,10,12-13,15H,3,5,7,9,11H2,1-2H3,(H,21,24)/t15-/m0/s1. The van der Waals surface area contributed by atoms with Crippen LogP contribution in [0.3, 0.4) is 0 Å². The minimum absolute atomic E-state index is 0.0248. The number of sulfonamides is 1. The van der Waals surface area contributed by atoms with Gasteiger partial charge in [-0.3, -0.25) is 4.79 Å². The van der Waals surface area contributed by atoms with E-state index in [1.165, 1.54) is 16.8 Å². The second kappa shape index (κ2) is 8.75. The van der Waals surface area contributed by atoms with Crippen molar-refractivity contribution in [3.63, 3.8) is 0 Å². The highest BCUT2D eigenvalue weighted by atomic mass is 32.2. The molecule has 0 aliphatic carbocycles. The molecule has 1 aliphatic rings. The van der Waals surface area contributed by atoms with E-state index in [1.807, 2.05) is 0 Å². The SMILES string of the molecule is CCOC(=O)c1cccc(NC(=O)[C@H]2CCCN(S(=O)(=O)c3cn(C)cn3)C2)c1. The van der Waals surface area contributed by atoms with Gasteiger partial charge in [0.15, 0.2) is 5.03 Å². The molecule has 1 aromatic carbocycles. The minimum Gasteiger partial charge on any atom is -0.462 e. The van der Waals surface area contributed by atoms with Crippen molar-refractivity contribution in [2.75, 3.05) is 25.0 Å². The Morgan fingerprint density at radius 2 is 2.14 bits per heavy atom. The summed E-state index contributed by atoms with van der Waals surface area (Å²) in [6, 6.07) is 6.48. The van der Waals surface area contributed by atoms with Gasteiger partial charge in [0, 0.05) is 32.0 Å². The highest BCUT2D eigenvalue weighted by molar-refractivity contribution is 7.89. The molecule has 2 heterocycles. The van der Waals surface area contributed by atoms with Crippen molar-refractivity contribution in [3.05, 3.63) is 42.4 Å². The molecule has 156 valence electrons. The summed E-state index contributed by atoms with van der Waals surface area (Å²) in [4.78, 5) is 28.5. The third-order valence-corrected chi connectivity index (χ3v) is 6.43. The van der Waals surface area contributed by atoms with Crippen LogP contribution in [0.15, 0.2) is 41.8 Å². The predicted molar refractivity (Wildman–Crippen MR) is 106 cm³/mol. The molecule has 1 saturated heterocycles. The van der Waals surface area contributed by atoms with Crippen molar-refractivity contribution >= 4 is 27.6 Å². The Hall–Kier alpha value is -2.72. The maximum atomic E-state index is 12.8. The van der Waals surface area contributed by atoms with Crippen molar-refractivity contribution in [1.29, 1.82) is 0 Å². The van der Waals surface area contributed by atoms with Gasteiger partial charge in [-0.1, -0.05) is 6.07 Å². The van der Waals surface area contributed by atoms with Gasteiger partial charge < -0.3 is 14.6 Å².